The van der Waals surface area contributed by atoms with Crippen LogP contribution in [-0.4, -0.2) is 57.4 Å². The van der Waals surface area contributed by atoms with Crippen LogP contribution >= 0.6 is 11.6 Å². The van der Waals surface area contributed by atoms with Crippen molar-refractivity contribution in [1.29, 1.82) is 0 Å². The molecule has 0 aliphatic carbocycles. The maximum absolute atomic E-state index is 14.3. The van der Waals surface area contributed by atoms with E-state index in [-0.39, 0.29) is 24.9 Å². The number of fused-ring (bicyclic) bond motifs is 1. The van der Waals surface area contributed by atoms with Gasteiger partial charge in [-0.1, -0.05) is 17.7 Å². The number of hydrogen-bond donors (Lipinski definition) is 0. The third-order valence-corrected chi connectivity index (χ3v) is 8.66. The molecule has 1 aliphatic heterocycles. The van der Waals surface area contributed by atoms with Crippen molar-refractivity contribution in [2.75, 3.05) is 19.8 Å². The zero-order valence-corrected chi connectivity index (χ0v) is 31.1. The quantitative estimate of drug-likeness (QED) is 0.0838. The van der Waals surface area contributed by atoms with Crippen LogP contribution in [0.1, 0.15) is 74.1 Å². The van der Waals surface area contributed by atoms with Crippen LogP contribution in [0.25, 0.3) is 11.1 Å². The van der Waals surface area contributed by atoms with Crippen molar-refractivity contribution in [2.24, 2.45) is 18.0 Å². The second kappa shape index (κ2) is 16.6. The second-order valence-corrected chi connectivity index (χ2v) is 14.1. The fourth-order valence-corrected chi connectivity index (χ4v) is 6.14. The first-order valence-corrected chi connectivity index (χ1v) is 17.6. The summed E-state index contributed by atoms with van der Waals surface area (Å²) in [5, 5.41) is 0.444. The van der Waals surface area contributed by atoms with Crippen LogP contribution in [0.15, 0.2) is 59.9 Å². The molecule has 1 aliphatic rings. The molecule has 2 aromatic heterocycles. The van der Waals surface area contributed by atoms with Gasteiger partial charge in [-0.3, -0.25) is 9.59 Å². The van der Waals surface area contributed by atoms with E-state index in [0.717, 1.165) is 11.1 Å². The molecule has 0 fully saturated rings. The van der Waals surface area contributed by atoms with Gasteiger partial charge in [-0.15, -0.1) is 4.99 Å². The number of pyridine rings is 1. The first-order valence-electron chi connectivity index (χ1n) is 17.3. The summed E-state index contributed by atoms with van der Waals surface area (Å²) in [4.78, 5) is 46.7. The Labute approximate surface area is 307 Å². The molecule has 1 amide bonds. The molecule has 11 nitrogen and oxygen atoms in total. The molecule has 3 heterocycles. The van der Waals surface area contributed by atoms with Gasteiger partial charge in [0, 0.05) is 42.7 Å². The Hall–Kier alpha value is -4.97. The normalized spacial score (nSPS) is 14.5. The first-order chi connectivity index (χ1) is 24.7. The number of esters is 1. The predicted molar refractivity (Wildman–Crippen MR) is 193 cm³/mol. The van der Waals surface area contributed by atoms with E-state index in [1.165, 1.54) is 6.07 Å². The molecule has 13 heteroatoms. The average Bonchev–Trinajstić information content (AvgIpc) is 3.40. The Bertz CT molecular complexity index is 2030. The van der Waals surface area contributed by atoms with E-state index in [4.69, 9.17) is 30.5 Å². The lowest BCUT2D eigenvalue weighted by Gasteiger charge is -2.27. The SMILES string of the molecule is CCOC(=O)CCCCOc1cc(CC2COc3c(cc(Cn4ccn(C)/c4=N/C(=O)OC(C)(C)C)cc3-c3ccc(F)nc3C)C2=O)ccc1Cl. The molecular formula is C39H44ClFN4O7. The van der Waals surface area contributed by atoms with Gasteiger partial charge >= 0.3 is 12.1 Å². The number of benzene rings is 2. The number of ketones is 1. The lowest BCUT2D eigenvalue weighted by atomic mass is 9.86. The smallest absolute Gasteiger partial charge is 0.437 e. The number of halogens is 2. The zero-order valence-electron chi connectivity index (χ0n) is 30.3. The number of Topliss-reactive ketones (excluding diaryl/α,β-unsaturated/α-hetero) is 1. The number of ether oxygens (including phenoxy) is 4. The van der Waals surface area contributed by atoms with Crippen LogP contribution in [0.2, 0.25) is 5.02 Å². The van der Waals surface area contributed by atoms with Gasteiger partial charge in [0.05, 0.1) is 42.9 Å². The Morgan fingerprint density at radius 1 is 1.06 bits per heavy atom. The summed E-state index contributed by atoms with van der Waals surface area (Å²) in [6, 6.07) is 12.0. The number of hydrogen-bond acceptors (Lipinski definition) is 8. The lowest BCUT2D eigenvalue weighted by molar-refractivity contribution is -0.143. The van der Waals surface area contributed by atoms with Crippen molar-refractivity contribution < 1.29 is 37.7 Å². The van der Waals surface area contributed by atoms with Crippen LogP contribution in [0, 0.1) is 18.8 Å². The van der Waals surface area contributed by atoms with Gasteiger partial charge in [-0.25, -0.2) is 9.78 Å². The molecule has 0 N–H and O–H groups in total. The van der Waals surface area contributed by atoms with E-state index in [2.05, 4.69) is 9.98 Å². The summed E-state index contributed by atoms with van der Waals surface area (Å²) in [6.45, 7) is 9.90. The number of carbonyl (C=O) groups excluding carboxylic acids is 3. The number of rotatable bonds is 12. The maximum atomic E-state index is 14.3. The average molecular weight is 735 g/mol. The Morgan fingerprint density at radius 3 is 2.56 bits per heavy atom. The number of aromatic nitrogens is 3. The fourth-order valence-electron chi connectivity index (χ4n) is 5.97. The number of aryl methyl sites for hydroxylation is 2. The summed E-state index contributed by atoms with van der Waals surface area (Å²) in [5.74, 6) is -0.560. The maximum Gasteiger partial charge on any atom is 0.437 e. The van der Waals surface area contributed by atoms with Crippen molar-refractivity contribution in [1.82, 2.24) is 14.1 Å². The van der Waals surface area contributed by atoms with Gasteiger partial charge in [0.2, 0.25) is 11.6 Å². The summed E-state index contributed by atoms with van der Waals surface area (Å²) in [5.41, 5.74) is 3.29. The molecule has 0 saturated heterocycles. The van der Waals surface area contributed by atoms with Crippen molar-refractivity contribution in [3.05, 3.63) is 93.8 Å². The highest BCUT2D eigenvalue weighted by atomic mass is 35.5. The van der Waals surface area contributed by atoms with E-state index < -0.39 is 23.6 Å². The Kier molecular flexibility index (Phi) is 12.2. The molecular weight excluding hydrogens is 691 g/mol. The molecule has 0 spiro atoms. The number of unbranched alkanes of at least 4 members (excludes halogenated alkanes) is 1. The minimum absolute atomic E-state index is 0.106. The van der Waals surface area contributed by atoms with E-state index in [0.29, 0.717) is 83.4 Å². The molecule has 276 valence electrons. The number of imidazole rings is 1. The minimum Gasteiger partial charge on any atom is -0.492 e. The summed E-state index contributed by atoms with van der Waals surface area (Å²) >= 11 is 6.43. The molecule has 0 saturated carbocycles. The topological polar surface area (TPSA) is 123 Å². The van der Waals surface area contributed by atoms with Crippen molar-refractivity contribution in [3.63, 3.8) is 0 Å². The van der Waals surface area contributed by atoms with Crippen molar-refractivity contribution in [3.8, 4) is 22.6 Å². The third-order valence-electron chi connectivity index (χ3n) is 8.35. The van der Waals surface area contributed by atoms with Gasteiger partial charge in [0.1, 0.15) is 17.1 Å². The number of carbonyl (C=O) groups is 3. The largest absolute Gasteiger partial charge is 0.492 e. The summed E-state index contributed by atoms with van der Waals surface area (Å²) in [6.07, 6.45) is 4.81. The lowest BCUT2D eigenvalue weighted by Crippen LogP contribution is -2.31. The molecule has 4 aromatic rings. The molecule has 1 atom stereocenters. The van der Waals surface area contributed by atoms with Crippen molar-refractivity contribution in [2.45, 2.75) is 72.4 Å². The molecule has 0 radical (unpaired) electrons. The van der Waals surface area contributed by atoms with Gasteiger partial charge < -0.3 is 28.1 Å². The molecule has 2 aromatic carbocycles. The van der Waals surface area contributed by atoms with E-state index in [1.807, 2.05) is 18.2 Å². The van der Waals surface area contributed by atoms with E-state index >= 15 is 0 Å². The van der Waals surface area contributed by atoms with Crippen LogP contribution < -0.4 is 15.1 Å². The number of amides is 1. The molecule has 0 bridgehead atoms. The highest BCUT2D eigenvalue weighted by molar-refractivity contribution is 6.32. The van der Waals surface area contributed by atoms with Crippen LogP contribution in [0.4, 0.5) is 9.18 Å². The highest BCUT2D eigenvalue weighted by Crippen LogP contribution is 2.40. The minimum atomic E-state index is -0.724. The monoisotopic (exact) mass is 734 g/mol. The summed E-state index contributed by atoms with van der Waals surface area (Å²) < 4.78 is 40.2. The van der Waals surface area contributed by atoms with Crippen LogP contribution in [-0.2, 0) is 34.3 Å². The molecule has 5 rings (SSSR count). The number of nitrogens with zero attached hydrogens (tertiary/aromatic N) is 4. The molecule has 1 unspecified atom stereocenters. The first kappa shape index (κ1) is 38.3. The highest BCUT2D eigenvalue weighted by Gasteiger charge is 2.32. The van der Waals surface area contributed by atoms with E-state index in [9.17, 15) is 18.8 Å². The standard InChI is InChI=1S/C39H44ClFN4O7/c1-7-49-34(46)10-8-9-17-50-32-21-25(11-13-31(32)40)18-27-23-51-36-29(28-12-14-33(41)42-24(28)2)19-26(20-30(36)35(27)47)22-45-16-15-44(6)37(45)43-38(48)52-39(3,4)5/h11-16,19-21,27H,7-10,17-18,22-23H2,1-6H3/b43-37-. The summed E-state index contributed by atoms with van der Waals surface area (Å²) in [7, 11) is 1.77. The van der Waals surface area contributed by atoms with E-state index in [1.54, 1.807) is 81.4 Å². The third kappa shape index (κ3) is 9.67. The Morgan fingerprint density at radius 2 is 1.83 bits per heavy atom. The van der Waals surface area contributed by atoms with Crippen LogP contribution in [0.3, 0.4) is 0 Å². The van der Waals surface area contributed by atoms with Gasteiger partial charge in [-0.05, 0) is 101 Å². The fraction of sp³-hybridized carbons (Fsp3) is 0.410. The van der Waals surface area contributed by atoms with Gasteiger partial charge in [-0.2, -0.15) is 4.39 Å². The second-order valence-electron chi connectivity index (χ2n) is 13.7. The zero-order chi connectivity index (χ0) is 37.6. The van der Waals surface area contributed by atoms with Crippen molar-refractivity contribution >= 4 is 29.4 Å². The van der Waals surface area contributed by atoms with Gasteiger partial charge in [0.25, 0.3) is 0 Å². The predicted octanol–water partition coefficient (Wildman–Crippen LogP) is 7.42. The molecule has 52 heavy (non-hydrogen) atoms. The Balaban J connectivity index is 1.42. The van der Waals surface area contributed by atoms with Gasteiger partial charge in [0.15, 0.2) is 5.78 Å². The van der Waals surface area contributed by atoms with Crippen LogP contribution in [0.5, 0.6) is 11.5 Å².